The molecule has 0 aromatic heterocycles. The first-order valence-electron chi connectivity index (χ1n) is 7.56. The molecule has 23 heavy (non-hydrogen) atoms. The van der Waals surface area contributed by atoms with E-state index in [2.05, 4.69) is 4.90 Å². The van der Waals surface area contributed by atoms with Crippen LogP contribution in [0.2, 0.25) is 5.02 Å². The number of benzene rings is 1. The van der Waals surface area contributed by atoms with Crippen LogP contribution in [-0.2, 0) is 4.74 Å². The highest BCUT2D eigenvalue weighted by atomic mass is 35.5. The summed E-state index contributed by atoms with van der Waals surface area (Å²) >= 11 is 6.22. The van der Waals surface area contributed by atoms with Crippen molar-refractivity contribution >= 4 is 36.0 Å². The summed E-state index contributed by atoms with van der Waals surface area (Å²) in [7, 11) is -1.54. The van der Waals surface area contributed by atoms with E-state index in [1.165, 1.54) is 0 Å². The van der Waals surface area contributed by atoms with Gasteiger partial charge >= 0.3 is 13.2 Å². The van der Waals surface area contributed by atoms with Crippen molar-refractivity contribution in [2.45, 2.75) is 26.4 Å². The molecule has 2 rings (SSSR count). The second-order valence-corrected chi connectivity index (χ2v) is 6.95. The Hall–Kier alpha value is -1.44. The zero-order valence-electron chi connectivity index (χ0n) is 13.6. The second-order valence-electron chi connectivity index (χ2n) is 6.54. The van der Waals surface area contributed by atoms with Crippen LogP contribution in [0.15, 0.2) is 18.2 Å². The molecule has 2 N–H and O–H groups in total. The summed E-state index contributed by atoms with van der Waals surface area (Å²) in [5.74, 6) is 0. The minimum absolute atomic E-state index is 0.304. The highest BCUT2D eigenvalue weighted by Crippen LogP contribution is 2.26. The maximum atomic E-state index is 12.0. The Morgan fingerprint density at radius 3 is 2.30 bits per heavy atom. The van der Waals surface area contributed by atoms with E-state index < -0.39 is 12.7 Å². The molecule has 1 heterocycles. The molecule has 1 saturated heterocycles. The number of nitrogens with zero attached hydrogens (tertiary/aromatic N) is 2. The number of amides is 1. The monoisotopic (exact) mass is 340 g/mol. The highest BCUT2D eigenvalue weighted by Gasteiger charge is 2.26. The molecule has 0 radical (unpaired) electrons. The third-order valence-electron chi connectivity index (χ3n) is 3.54. The molecule has 126 valence electrons. The van der Waals surface area contributed by atoms with E-state index in [0.29, 0.717) is 36.7 Å². The molecule has 1 aromatic rings. The molecule has 6 nitrogen and oxygen atoms in total. The Morgan fingerprint density at radius 2 is 1.83 bits per heavy atom. The number of carbonyl (C=O) groups is 1. The van der Waals surface area contributed by atoms with Gasteiger partial charge in [-0.3, -0.25) is 0 Å². The smallest absolute Gasteiger partial charge is 0.444 e. The molecular weight excluding hydrogens is 318 g/mol. The van der Waals surface area contributed by atoms with Crippen molar-refractivity contribution in [1.29, 1.82) is 0 Å². The van der Waals surface area contributed by atoms with E-state index in [0.717, 1.165) is 5.69 Å². The van der Waals surface area contributed by atoms with Gasteiger partial charge in [-0.2, -0.15) is 0 Å². The lowest BCUT2D eigenvalue weighted by atomic mass is 9.80. The number of halogens is 1. The Balaban J connectivity index is 1.98. The van der Waals surface area contributed by atoms with Crippen LogP contribution >= 0.6 is 11.6 Å². The summed E-state index contributed by atoms with van der Waals surface area (Å²) in [4.78, 5) is 15.8. The number of ether oxygens (including phenoxy) is 1. The van der Waals surface area contributed by atoms with Crippen LogP contribution in [0.4, 0.5) is 10.5 Å². The second kappa shape index (κ2) is 6.99. The predicted octanol–water partition coefficient (Wildman–Crippen LogP) is 1.08. The predicted molar refractivity (Wildman–Crippen MR) is 91.3 cm³/mol. The highest BCUT2D eigenvalue weighted by molar-refractivity contribution is 6.59. The topological polar surface area (TPSA) is 73.2 Å². The van der Waals surface area contributed by atoms with Crippen LogP contribution in [0.3, 0.4) is 0 Å². The van der Waals surface area contributed by atoms with Gasteiger partial charge in [0.25, 0.3) is 0 Å². The number of piperazine rings is 1. The van der Waals surface area contributed by atoms with Crippen molar-refractivity contribution in [1.82, 2.24) is 4.90 Å². The van der Waals surface area contributed by atoms with Gasteiger partial charge in [-0.05, 0) is 38.4 Å². The lowest BCUT2D eigenvalue weighted by Gasteiger charge is -2.37. The third kappa shape index (κ3) is 4.77. The van der Waals surface area contributed by atoms with Crippen molar-refractivity contribution in [2.24, 2.45) is 0 Å². The van der Waals surface area contributed by atoms with Crippen molar-refractivity contribution < 1.29 is 19.6 Å². The van der Waals surface area contributed by atoms with Gasteiger partial charge in [-0.15, -0.1) is 0 Å². The maximum Gasteiger partial charge on any atom is 0.488 e. The molecule has 0 unspecified atom stereocenters. The van der Waals surface area contributed by atoms with Gasteiger partial charge in [0.05, 0.1) is 10.7 Å². The lowest BCUT2D eigenvalue weighted by molar-refractivity contribution is 0.0240. The first-order chi connectivity index (χ1) is 10.7. The van der Waals surface area contributed by atoms with Crippen LogP contribution in [0.25, 0.3) is 0 Å². The van der Waals surface area contributed by atoms with Crippen molar-refractivity contribution in [3.63, 3.8) is 0 Å². The van der Waals surface area contributed by atoms with Crippen molar-refractivity contribution in [3.05, 3.63) is 23.2 Å². The van der Waals surface area contributed by atoms with Gasteiger partial charge in [-0.25, -0.2) is 4.79 Å². The number of anilines is 1. The molecular formula is C15H22BClN2O4. The molecule has 8 heteroatoms. The van der Waals surface area contributed by atoms with Crippen molar-refractivity contribution in [2.75, 3.05) is 31.1 Å². The van der Waals surface area contributed by atoms with Gasteiger partial charge in [0.15, 0.2) is 0 Å². The van der Waals surface area contributed by atoms with Gasteiger partial charge in [0.2, 0.25) is 0 Å². The van der Waals surface area contributed by atoms with Crippen molar-refractivity contribution in [3.8, 4) is 0 Å². The van der Waals surface area contributed by atoms with E-state index in [9.17, 15) is 4.79 Å². The summed E-state index contributed by atoms with van der Waals surface area (Å²) in [5, 5.41) is 18.8. The molecule has 0 bridgehead atoms. The molecule has 1 aliphatic heterocycles. The Labute approximate surface area is 141 Å². The summed E-state index contributed by atoms with van der Waals surface area (Å²) < 4.78 is 5.37. The number of rotatable bonds is 2. The summed E-state index contributed by atoms with van der Waals surface area (Å²) in [6.45, 7) is 7.92. The number of hydrogen-bond acceptors (Lipinski definition) is 5. The Bertz CT molecular complexity index is 569. The fourth-order valence-corrected chi connectivity index (χ4v) is 2.71. The van der Waals surface area contributed by atoms with Crippen LogP contribution in [0, 0.1) is 0 Å². The fraction of sp³-hybridized carbons (Fsp3) is 0.533. The zero-order chi connectivity index (χ0) is 17.2. The molecule has 0 spiro atoms. The quantitative estimate of drug-likeness (QED) is 0.788. The van der Waals surface area contributed by atoms with E-state index in [1.807, 2.05) is 20.8 Å². The standard InChI is InChI=1S/C15H22BClN2O4/c1-15(2,3)23-14(20)19-8-6-18(7-9-19)13-5-4-11(16(21)22)10-12(13)17/h4-5,10,21-22H,6-9H2,1-3H3. The number of hydrogen-bond donors (Lipinski definition) is 2. The lowest BCUT2D eigenvalue weighted by Crippen LogP contribution is -2.50. The van der Waals surface area contributed by atoms with E-state index in [-0.39, 0.29) is 6.09 Å². The average Bonchev–Trinajstić information content (AvgIpc) is 2.45. The van der Waals surface area contributed by atoms with E-state index >= 15 is 0 Å². The fourth-order valence-electron chi connectivity index (χ4n) is 2.40. The van der Waals surface area contributed by atoms with Gasteiger partial charge in [-0.1, -0.05) is 17.7 Å². The Kier molecular flexibility index (Phi) is 5.44. The molecule has 0 saturated carbocycles. The molecule has 1 aliphatic rings. The molecule has 0 aliphatic carbocycles. The zero-order valence-corrected chi connectivity index (χ0v) is 14.4. The minimum atomic E-state index is -1.54. The Morgan fingerprint density at radius 1 is 1.22 bits per heavy atom. The first-order valence-corrected chi connectivity index (χ1v) is 7.93. The van der Waals surface area contributed by atoms with Crippen LogP contribution in [-0.4, -0.2) is 59.9 Å². The average molecular weight is 341 g/mol. The van der Waals surface area contributed by atoms with Gasteiger partial charge in [0.1, 0.15) is 5.60 Å². The van der Waals surface area contributed by atoms with Crippen LogP contribution in [0.1, 0.15) is 20.8 Å². The van der Waals surface area contributed by atoms with Gasteiger partial charge in [0, 0.05) is 26.2 Å². The van der Waals surface area contributed by atoms with Gasteiger partial charge < -0.3 is 24.6 Å². The molecule has 1 fully saturated rings. The maximum absolute atomic E-state index is 12.0. The SMILES string of the molecule is CC(C)(C)OC(=O)N1CCN(c2ccc(B(O)O)cc2Cl)CC1. The minimum Gasteiger partial charge on any atom is -0.444 e. The first kappa shape index (κ1) is 17.9. The molecule has 0 atom stereocenters. The molecule has 1 aromatic carbocycles. The summed E-state index contributed by atoms with van der Waals surface area (Å²) in [6.07, 6.45) is -0.304. The normalized spacial score (nSPS) is 15.6. The number of carbonyl (C=O) groups excluding carboxylic acids is 1. The van der Waals surface area contributed by atoms with E-state index in [1.54, 1.807) is 23.1 Å². The third-order valence-corrected chi connectivity index (χ3v) is 3.84. The summed E-state index contributed by atoms with van der Waals surface area (Å²) in [5.41, 5.74) is 0.671. The largest absolute Gasteiger partial charge is 0.488 e. The van der Waals surface area contributed by atoms with E-state index in [4.69, 9.17) is 26.4 Å². The van der Waals surface area contributed by atoms with Crippen LogP contribution in [0.5, 0.6) is 0 Å². The molecule has 1 amide bonds. The van der Waals surface area contributed by atoms with Crippen LogP contribution < -0.4 is 10.4 Å². The summed E-state index contributed by atoms with van der Waals surface area (Å²) in [6, 6.07) is 4.94.